The molecule has 4 aliphatic rings. The van der Waals surface area contributed by atoms with Gasteiger partial charge >= 0.3 is 11.9 Å². The van der Waals surface area contributed by atoms with E-state index in [0.717, 1.165) is 54.8 Å². The number of esters is 1. The van der Waals surface area contributed by atoms with Gasteiger partial charge in [0.05, 0.1) is 38.2 Å². The van der Waals surface area contributed by atoms with Gasteiger partial charge in [0, 0.05) is 6.42 Å². The van der Waals surface area contributed by atoms with E-state index in [9.17, 15) is 9.59 Å². The lowest BCUT2D eigenvalue weighted by Gasteiger charge is -2.58. The van der Waals surface area contributed by atoms with Crippen molar-refractivity contribution in [3.63, 3.8) is 0 Å². The van der Waals surface area contributed by atoms with E-state index < -0.39 is 31.3 Å². The molecular formula is C35H61NO7. The minimum atomic E-state index is -1.21. The molecule has 4 rings (SSSR count). The maximum absolute atomic E-state index is 12.1. The van der Waals surface area contributed by atoms with Crippen LogP contribution in [0.2, 0.25) is 0 Å². The van der Waals surface area contributed by atoms with E-state index in [1.54, 1.807) is 0 Å². The second-order valence-electron chi connectivity index (χ2n) is 15.4. The minimum Gasteiger partial charge on any atom is -0.481 e. The van der Waals surface area contributed by atoms with Crippen LogP contribution in [-0.4, -0.2) is 63.8 Å². The quantitative estimate of drug-likeness (QED) is 0.145. The standard InChI is InChI=1S/C31H50O4.C4H11NO3/c1-20(2)7-6-8-21(3)25-11-12-26-24-10-9-22-19-23(35-29(34)14-13-28(32)33)15-17-30(22,4)27(24)16-18-31(25,26)5;5-4(1-6,2-7)3-8/h9,20-21,23-27H,6-8,10-19H2,1-5H3,(H,32,33);6-8H,1-3,5H2. The molecule has 0 aromatic carbocycles. The highest BCUT2D eigenvalue weighted by atomic mass is 16.5. The summed E-state index contributed by atoms with van der Waals surface area (Å²) in [5.74, 6) is 3.68. The summed E-state index contributed by atoms with van der Waals surface area (Å²) in [6, 6.07) is 0. The van der Waals surface area contributed by atoms with Gasteiger partial charge < -0.3 is 30.9 Å². The first kappa shape index (κ1) is 36.0. The number of fused-ring (bicyclic) bond motifs is 5. The zero-order valence-electron chi connectivity index (χ0n) is 27.5. The number of nitrogens with two attached hydrogens (primary N) is 1. The van der Waals surface area contributed by atoms with Crippen molar-refractivity contribution in [3.8, 4) is 0 Å². The van der Waals surface area contributed by atoms with Gasteiger partial charge in [-0.3, -0.25) is 9.59 Å². The number of hydrogen-bond donors (Lipinski definition) is 5. The molecule has 8 heteroatoms. The minimum absolute atomic E-state index is 0.0236. The number of aliphatic carboxylic acids is 1. The van der Waals surface area contributed by atoms with E-state index in [0.29, 0.717) is 5.41 Å². The Balaban J connectivity index is 0.000000557. The molecule has 43 heavy (non-hydrogen) atoms. The summed E-state index contributed by atoms with van der Waals surface area (Å²) in [5.41, 5.74) is 6.21. The van der Waals surface area contributed by atoms with Crippen LogP contribution >= 0.6 is 0 Å². The number of aliphatic hydroxyl groups is 3. The van der Waals surface area contributed by atoms with Crippen molar-refractivity contribution >= 4 is 11.9 Å². The average molecular weight is 608 g/mol. The molecule has 6 N–H and O–H groups in total. The fraction of sp³-hybridized carbons (Fsp3) is 0.886. The van der Waals surface area contributed by atoms with Crippen molar-refractivity contribution in [1.29, 1.82) is 0 Å². The first-order valence-corrected chi connectivity index (χ1v) is 16.9. The Kier molecular flexibility index (Phi) is 12.7. The monoisotopic (exact) mass is 607 g/mol. The van der Waals surface area contributed by atoms with Crippen LogP contribution in [0.5, 0.6) is 0 Å². The maximum atomic E-state index is 12.1. The van der Waals surface area contributed by atoms with Crippen LogP contribution in [0, 0.1) is 46.3 Å². The van der Waals surface area contributed by atoms with E-state index in [4.69, 9.17) is 30.9 Å². The number of carboxylic acid groups (broad SMARTS) is 1. The normalized spacial score (nSPS) is 34.2. The summed E-state index contributed by atoms with van der Waals surface area (Å²) < 4.78 is 5.70. The predicted octanol–water partition coefficient (Wildman–Crippen LogP) is 5.47. The Labute approximate surface area is 259 Å². The molecule has 0 heterocycles. The van der Waals surface area contributed by atoms with Gasteiger partial charge in [0.25, 0.3) is 0 Å². The number of ether oxygens (including phenoxy) is 1. The molecular weight excluding hydrogens is 546 g/mol. The smallest absolute Gasteiger partial charge is 0.306 e. The molecule has 3 saturated carbocycles. The van der Waals surface area contributed by atoms with Gasteiger partial charge in [-0.2, -0.15) is 0 Å². The number of aliphatic hydroxyl groups excluding tert-OH is 3. The number of hydrogen-bond acceptors (Lipinski definition) is 7. The Hall–Kier alpha value is -1.48. The second-order valence-corrected chi connectivity index (χ2v) is 15.4. The van der Waals surface area contributed by atoms with Crippen molar-refractivity contribution in [1.82, 2.24) is 0 Å². The molecule has 0 aliphatic heterocycles. The fourth-order valence-corrected chi connectivity index (χ4v) is 9.36. The van der Waals surface area contributed by atoms with Gasteiger partial charge in [-0.15, -0.1) is 0 Å². The van der Waals surface area contributed by atoms with E-state index in [1.807, 2.05) is 0 Å². The zero-order chi connectivity index (χ0) is 32.0. The first-order valence-electron chi connectivity index (χ1n) is 16.9. The van der Waals surface area contributed by atoms with Gasteiger partial charge in [-0.25, -0.2) is 0 Å². The van der Waals surface area contributed by atoms with Crippen LogP contribution in [0.3, 0.4) is 0 Å². The predicted molar refractivity (Wildman–Crippen MR) is 168 cm³/mol. The molecule has 0 amide bonds. The highest BCUT2D eigenvalue weighted by Gasteiger charge is 2.59. The summed E-state index contributed by atoms with van der Waals surface area (Å²) in [6.07, 6.45) is 16.0. The van der Waals surface area contributed by atoms with Crippen LogP contribution in [0.15, 0.2) is 11.6 Å². The number of carboxylic acids is 1. The Morgan fingerprint density at radius 2 is 1.65 bits per heavy atom. The van der Waals surface area contributed by atoms with Crippen LogP contribution < -0.4 is 5.73 Å². The van der Waals surface area contributed by atoms with Crippen molar-refractivity contribution < 1.29 is 34.8 Å². The Morgan fingerprint density at radius 3 is 2.23 bits per heavy atom. The van der Waals surface area contributed by atoms with Gasteiger partial charge in [0.1, 0.15) is 6.10 Å². The molecule has 4 aliphatic carbocycles. The number of carbonyl (C=O) groups excluding carboxylic acids is 1. The number of carbonyl (C=O) groups is 2. The fourth-order valence-electron chi connectivity index (χ4n) is 9.36. The third kappa shape index (κ3) is 8.42. The molecule has 8 atom stereocenters. The summed E-state index contributed by atoms with van der Waals surface area (Å²) in [6.45, 7) is 11.2. The molecule has 0 saturated heterocycles. The van der Waals surface area contributed by atoms with Crippen molar-refractivity contribution in [2.45, 2.75) is 130 Å². The van der Waals surface area contributed by atoms with Crippen LogP contribution in [0.4, 0.5) is 0 Å². The zero-order valence-corrected chi connectivity index (χ0v) is 27.5. The highest BCUT2D eigenvalue weighted by molar-refractivity contribution is 5.76. The van der Waals surface area contributed by atoms with Crippen LogP contribution in [0.1, 0.15) is 118 Å². The highest BCUT2D eigenvalue weighted by Crippen LogP contribution is 2.67. The van der Waals surface area contributed by atoms with E-state index in [2.05, 4.69) is 40.7 Å². The van der Waals surface area contributed by atoms with Gasteiger partial charge in [0.2, 0.25) is 0 Å². The van der Waals surface area contributed by atoms with Crippen molar-refractivity contribution in [2.24, 2.45) is 52.1 Å². The topological polar surface area (TPSA) is 150 Å². The molecule has 8 unspecified atom stereocenters. The lowest BCUT2D eigenvalue weighted by atomic mass is 9.47. The second kappa shape index (κ2) is 15.2. The SMILES string of the molecule is CC(C)CCCC(C)C1CCC2C3CC=C4CC(OC(=O)CCC(=O)O)CCC4(C)C3CCC12C.NC(CO)(CO)CO. The summed E-state index contributed by atoms with van der Waals surface area (Å²) in [5, 5.41) is 33.9. The summed E-state index contributed by atoms with van der Waals surface area (Å²) in [7, 11) is 0. The van der Waals surface area contributed by atoms with Crippen molar-refractivity contribution in [3.05, 3.63) is 11.6 Å². The Bertz CT molecular complexity index is 954. The van der Waals surface area contributed by atoms with Gasteiger partial charge in [-0.1, -0.05) is 65.5 Å². The first-order chi connectivity index (χ1) is 20.2. The molecule has 3 fully saturated rings. The number of rotatable bonds is 12. The van der Waals surface area contributed by atoms with Gasteiger partial charge in [-0.05, 0) is 91.3 Å². The number of allylic oxidation sites excluding steroid dienone is 1. The third-order valence-corrected chi connectivity index (χ3v) is 12.0. The largest absolute Gasteiger partial charge is 0.481 e. The third-order valence-electron chi connectivity index (χ3n) is 12.0. The maximum Gasteiger partial charge on any atom is 0.306 e. The Morgan fingerprint density at radius 1 is 0.977 bits per heavy atom. The van der Waals surface area contributed by atoms with E-state index >= 15 is 0 Å². The lowest BCUT2D eigenvalue weighted by Crippen LogP contribution is -2.51. The summed E-state index contributed by atoms with van der Waals surface area (Å²) in [4.78, 5) is 22.9. The molecule has 0 aromatic heterocycles. The van der Waals surface area contributed by atoms with Crippen LogP contribution in [-0.2, 0) is 14.3 Å². The molecule has 0 bridgehead atoms. The molecule has 8 nitrogen and oxygen atoms in total. The summed E-state index contributed by atoms with van der Waals surface area (Å²) >= 11 is 0. The van der Waals surface area contributed by atoms with Gasteiger partial charge in [0.15, 0.2) is 0 Å². The van der Waals surface area contributed by atoms with Crippen LogP contribution in [0.25, 0.3) is 0 Å². The average Bonchev–Trinajstić information content (AvgIpc) is 3.33. The van der Waals surface area contributed by atoms with Crippen molar-refractivity contribution in [2.75, 3.05) is 19.8 Å². The molecule has 248 valence electrons. The lowest BCUT2D eigenvalue weighted by molar-refractivity contribution is -0.154. The molecule has 0 aromatic rings. The van der Waals surface area contributed by atoms with E-state index in [-0.39, 0.29) is 30.3 Å². The molecule has 0 radical (unpaired) electrons. The molecule has 0 spiro atoms. The van der Waals surface area contributed by atoms with E-state index in [1.165, 1.54) is 56.9 Å².